The van der Waals surface area contributed by atoms with E-state index in [1.54, 1.807) is 24.1 Å². The Balaban J connectivity index is 1.60. The number of benzene rings is 1. The van der Waals surface area contributed by atoms with E-state index in [2.05, 4.69) is 15.6 Å². The summed E-state index contributed by atoms with van der Waals surface area (Å²) < 4.78 is 14.1. The lowest BCUT2D eigenvalue weighted by Crippen LogP contribution is -2.49. The quantitative estimate of drug-likeness (QED) is 0.595. The van der Waals surface area contributed by atoms with E-state index in [-0.39, 0.29) is 29.1 Å². The van der Waals surface area contributed by atoms with Crippen LogP contribution < -0.4 is 10.6 Å². The Labute approximate surface area is 165 Å². The fraction of sp³-hybridized carbons (Fsp3) is 0.600. The lowest BCUT2D eigenvalue weighted by Gasteiger charge is -2.31. The van der Waals surface area contributed by atoms with Crippen molar-refractivity contribution in [2.75, 3.05) is 27.7 Å². The molecule has 0 spiro atoms. The topological polar surface area (TPSA) is 56.7 Å². The first kappa shape index (κ1) is 19.9. The molecule has 3 rings (SSSR count). The van der Waals surface area contributed by atoms with E-state index in [1.807, 2.05) is 14.1 Å². The summed E-state index contributed by atoms with van der Waals surface area (Å²) in [6.45, 7) is 0.557. The van der Waals surface area contributed by atoms with Crippen LogP contribution in [0.4, 0.5) is 4.39 Å². The Kier molecular flexibility index (Phi) is 5.94. The first-order valence-corrected chi connectivity index (χ1v) is 9.88. The number of carbonyl (C=O) groups is 1. The molecular formula is C20H28ClFN4O. The minimum atomic E-state index is -0.362. The molecule has 2 N–H and O–H groups in total. The number of rotatable bonds is 5. The van der Waals surface area contributed by atoms with E-state index in [4.69, 9.17) is 11.6 Å². The van der Waals surface area contributed by atoms with Gasteiger partial charge in [0.05, 0.1) is 5.41 Å². The fourth-order valence-corrected chi connectivity index (χ4v) is 4.46. The second kappa shape index (κ2) is 8.05. The number of halogens is 2. The van der Waals surface area contributed by atoms with E-state index < -0.39 is 0 Å². The van der Waals surface area contributed by atoms with Crippen LogP contribution in [0, 0.1) is 11.2 Å². The molecular weight excluding hydrogens is 367 g/mol. The molecule has 1 aromatic rings. The highest BCUT2D eigenvalue weighted by molar-refractivity contribution is 6.31. The standard InChI is InChI=1S/C20H28ClFN4O/c1-23-19(24-12-20(9-4-5-10-20)18(27)26(2)3)25-16-11-13(16)17-14(21)7-6-8-15(17)22/h6-8,13,16H,4-5,9-12H2,1-3H3,(H2,23,24,25). The lowest BCUT2D eigenvalue weighted by atomic mass is 9.84. The van der Waals surface area contributed by atoms with Crippen LogP contribution in [-0.2, 0) is 4.79 Å². The van der Waals surface area contributed by atoms with Crippen molar-refractivity contribution in [1.29, 1.82) is 0 Å². The average Bonchev–Trinajstić information content (AvgIpc) is 3.20. The van der Waals surface area contributed by atoms with Crippen LogP contribution in [0.3, 0.4) is 0 Å². The number of aliphatic imine (C=N–C) groups is 1. The smallest absolute Gasteiger partial charge is 0.230 e. The molecule has 0 aliphatic heterocycles. The van der Waals surface area contributed by atoms with E-state index in [0.29, 0.717) is 23.1 Å². The molecule has 0 heterocycles. The van der Waals surface area contributed by atoms with E-state index in [9.17, 15) is 9.18 Å². The van der Waals surface area contributed by atoms with Crippen molar-refractivity contribution in [2.45, 2.75) is 44.1 Å². The molecule has 2 aliphatic rings. The third-order valence-corrected chi connectivity index (χ3v) is 6.05. The van der Waals surface area contributed by atoms with Gasteiger partial charge in [0.1, 0.15) is 5.82 Å². The van der Waals surface area contributed by atoms with Gasteiger partial charge in [-0.3, -0.25) is 9.79 Å². The molecule has 0 bridgehead atoms. The van der Waals surface area contributed by atoms with E-state index in [0.717, 1.165) is 32.1 Å². The Bertz CT molecular complexity index is 710. The third kappa shape index (κ3) is 4.21. The summed E-state index contributed by atoms with van der Waals surface area (Å²) >= 11 is 6.17. The molecule has 1 amide bonds. The Morgan fingerprint density at radius 1 is 1.37 bits per heavy atom. The summed E-state index contributed by atoms with van der Waals surface area (Å²) in [4.78, 5) is 18.6. The third-order valence-electron chi connectivity index (χ3n) is 5.72. The van der Waals surface area contributed by atoms with E-state index >= 15 is 0 Å². The van der Waals surface area contributed by atoms with Crippen molar-refractivity contribution in [3.05, 3.63) is 34.6 Å². The maximum absolute atomic E-state index is 14.1. The van der Waals surface area contributed by atoms with Gasteiger partial charge in [0.2, 0.25) is 5.91 Å². The molecule has 2 aliphatic carbocycles. The van der Waals surface area contributed by atoms with Crippen LogP contribution in [0.15, 0.2) is 23.2 Å². The van der Waals surface area contributed by atoms with Crippen LogP contribution in [0.25, 0.3) is 0 Å². The summed E-state index contributed by atoms with van der Waals surface area (Å²) in [5, 5.41) is 7.13. The van der Waals surface area contributed by atoms with Crippen molar-refractivity contribution in [1.82, 2.24) is 15.5 Å². The molecule has 2 atom stereocenters. The summed E-state index contributed by atoms with van der Waals surface area (Å²) in [7, 11) is 5.32. The molecule has 148 valence electrons. The van der Waals surface area contributed by atoms with Crippen LogP contribution in [0.1, 0.15) is 43.6 Å². The lowest BCUT2D eigenvalue weighted by molar-refractivity contribution is -0.138. The zero-order valence-electron chi connectivity index (χ0n) is 16.2. The van der Waals surface area contributed by atoms with Gasteiger partial charge < -0.3 is 15.5 Å². The molecule has 2 saturated carbocycles. The van der Waals surface area contributed by atoms with Crippen LogP contribution in [-0.4, -0.2) is 50.5 Å². The minimum Gasteiger partial charge on any atom is -0.355 e. The molecule has 1 aromatic carbocycles. The fourth-order valence-electron chi connectivity index (χ4n) is 4.15. The molecule has 7 heteroatoms. The van der Waals surface area contributed by atoms with Gasteiger partial charge in [0.15, 0.2) is 5.96 Å². The largest absolute Gasteiger partial charge is 0.355 e. The molecule has 0 aromatic heterocycles. The van der Waals surface area contributed by atoms with Gasteiger partial charge in [-0.25, -0.2) is 4.39 Å². The molecule has 2 fully saturated rings. The Morgan fingerprint density at radius 3 is 2.67 bits per heavy atom. The number of nitrogens with one attached hydrogen (secondary N) is 2. The summed E-state index contributed by atoms with van der Waals surface area (Å²) in [6.07, 6.45) is 4.74. The maximum Gasteiger partial charge on any atom is 0.230 e. The second-order valence-electron chi connectivity index (χ2n) is 7.84. The first-order valence-electron chi connectivity index (χ1n) is 9.51. The number of amides is 1. The normalized spacial score (nSPS) is 23.8. The van der Waals surface area contributed by atoms with Gasteiger partial charge in [-0.05, 0) is 31.4 Å². The maximum atomic E-state index is 14.1. The Hall–Kier alpha value is -1.82. The summed E-state index contributed by atoms with van der Waals surface area (Å²) in [6, 6.07) is 4.88. The van der Waals surface area contributed by atoms with Gasteiger partial charge >= 0.3 is 0 Å². The van der Waals surface area contributed by atoms with Gasteiger partial charge in [-0.2, -0.15) is 0 Å². The van der Waals surface area contributed by atoms with Crippen molar-refractivity contribution in [3.8, 4) is 0 Å². The number of guanidine groups is 1. The predicted octanol–water partition coefficient (Wildman–Crippen LogP) is 3.15. The number of nitrogens with zero attached hydrogens (tertiary/aromatic N) is 2. The van der Waals surface area contributed by atoms with Crippen molar-refractivity contribution < 1.29 is 9.18 Å². The van der Waals surface area contributed by atoms with Crippen molar-refractivity contribution in [3.63, 3.8) is 0 Å². The zero-order chi connectivity index (χ0) is 19.6. The van der Waals surface area contributed by atoms with Gasteiger partial charge in [-0.15, -0.1) is 0 Å². The predicted molar refractivity (Wildman–Crippen MR) is 107 cm³/mol. The summed E-state index contributed by atoms with van der Waals surface area (Å²) in [5.74, 6) is 0.598. The van der Waals surface area contributed by atoms with Gasteiger partial charge in [-0.1, -0.05) is 30.5 Å². The highest BCUT2D eigenvalue weighted by atomic mass is 35.5. The highest BCUT2D eigenvalue weighted by Crippen LogP contribution is 2.45. The van der Waals surface area contributed by atoms with Crippen molar-refractivity contribution in [2.24, 2.45) is 10.4 Å². The number of carbonyl (C=O) groups excluding carboxylic acids is 1. The second-order valence-corrected chi connectivity index (χ2v) is 8.25. The molecule has 27 heavy (non-hydrogen) atoms. The molecule has 0 radical (unpaired) electrons. The monoisotopic (exact) mass is 394 g/mol. The van der Waals surface area contributed by atoms with Crippen molar-refractivity contribution >= 4 is 23.5 Å². The number of hydrogen-bond donors (Lipinski definition) is 2. The van der Waals surface area contributed by atoms with Gasteiger partial charge in [0, 0.05) is 50.2 Å². The Morgan fingerprint density at radius 2 is 2.07 bits per heavy atom. The van der Waals surface area contributed by atoms with Gasteiger partial charge in [0.25, 0.3) is 0 Å². The molecule has 5 nitrogen and oxygen atoms in total. The SMILES string of the molecule is CN=C(NCC1(C(=O)N(C)C)CCCC1)NC1CC1c1c(F)cccc1Cl. The molecule has 2 unspecified atom stereocenters. The van der Waals surface area contributed by atoms with Crippen LogP contribution in [0.2, 0.25) is 5.02 Å². The van der Waals surface area contributed by atoms with Crippen LogP contribution >= 0.6 is 11.6 Å². The zero-order valence-corrected chi connectivity index (χ0v) is 16.9. The van der Waals surface area contributed by atoms with Crippen LogP contribution in [0.5, 0.6) is 0 Å². The minimum absolute atomic E-state index is 0.0427. The summed E-state index contributed by atoms with van der Waals surface area (Å²) in [5.41, 5.74) is 0.209. The van der Waals surface area contributed by atoms with E-state index in [1.165, 1.54) is 6.07 Å². The highest BCUT2D eigenvalue weighted by Gasteiger charge is 2.44. The molecule has 0 saturated heterocycles. The number of hydrogen-bond acceptors (Lipinski definition) is 2. The first-order chi connectivity index (χ1) is 12.9. The average molecular weight is 395 g/mol.